The van der Waals surface area contributed by atoms with Gasteiger partial charge in [0.15, 0.2) is 28.8 Å². The highest BCUT2D eigenvalue weighted by Crippen LogP contribution is 2.45. The van der Waals surface area contributed by atoms with Gasteiger partial charge in [-0.2, -0.15) is 0 Å². The summed E-state index contributed by atoms with van der Waals surface area (Å²) in [4.78, 5) is 13.6. The van der Waals surface area contributed by atoms with Gasteiger partial charge in [-0.3, -0.25) is 4.79 Å². The molecule has 0 aliphatic heterocycles. The van der Waals surface area contributed by atoms with Crippen molar-refractivity contribution in [1.29, 1.82) is 0 Å². The summed E-state index contributed by atoms with van der Waals surface area (Å²) in [6, 6.07) is 1.73. The number of allylic oxidation sites excluding steroid dienone is 4. The predicted octanol–water partition coefficient (Wildman–Crippen LogP) is 6.30. The maximum Gasteiger partial charge on any atom is 0.193 e. The van der Waals surface area contributed by atoms with E-state index in [0.717, 1.165) is 18.6 Å². The summed E-state index contributed by atoms with van der Waals surface area (Å²) in [6.07, 6.45) is 9.55. The van der Waals surface area contributed by atoms with E-state index in [-0.39, 0.29) is 11.7 Å². The van der Waals surface area contributed by atoms with Gasteiger partial charge in [-0.05, 0) is 59.6 Å². The third kappa shape index (κ3) is 6.80. The Morgan fingerprint density at radius 2 is 1.39 bits per heavy atom. The first kappa shape index (κ1) is 26.4. The monoisotopic (exact) mass is 458 g/mol. The van der Waals surface area contributed by atoms with Crippen LogP contribution in [0.3, 0.4) is 0 Å². The first-order chi connectivity index (χ1) is 16.0. The summed E-state index contributed by atoms with van der Waals surface area (Å²) in [5, 5.41) is 0. The molecule has 1 aliphatic carbocycles. The van der Waals surface area contributed by atoms with E-state index in [4.69, 9.17) is 23.7 Å². The fourth-order valence-corrected chi connectivity index (χ4v) is 3.70. The van der Waals surface area contributed by atoms with Crippen molar-refractivity contribution in [3.05, 3.63) is 47.3 Å². The quantitative estimate of drug-likeness (QED) is 0.185. The van der Waals surface area contributed by atoms with E-state index in [9.17, 15) is 4.79 Å². The molecule has 1 atom stereocenters. The van der Waals surface area contributed by atoms with Gasteiger partial charge in [-0.15, -0.1) is 0 Å². The van der Waals surface area contributed by atoms with Gasteiger partial charge in [0.2, 0.25) is 0 Å². The Labute approximate surface area is 198 Å². The predicted molar refractivity (Wildman–Crippen MR) is 131 cm³/mol. The van der Waals surface area contributed by atoms with Crippen molar-refractivity contribution in [3.8, 4) is 23.0 Å². The molecule has 1 unspecified atom stereocenters. The number of hydrogen-bond donors (Lipinski definition) is 0. The Hall–Kier alpha value is -2.89. The van der Waals surface area contributed by atoms with Gasteiger partial charge in [-0.1, -0.05) is 24.6 Å². The van der Waals surface area contributed by atoms with Gasteiger partial charge in [0, 0.05) is 6.07 Å². The molecule has 1 aromatic carbocycles. The van der Waals surface area contributed by atoms with E-state index >= 15 is 0 Å². The van der Waals surface area contributed by atoms with Gasteiger partial charge in [0.1, 0.15) is 11.3 Å². The van der Waals surface area contributed by atoms with E-state index in [0.29, 0.717) is 61.6 Å². The lowest BCUT2D eigenvalue weighted by atomic mass is 9.92. The van der Waals surface area contributed by atoms with Crippen LogP contribution in [0.4, 0.5) is 0 Å². The molecule has 1 aliphatic rings. The molecule has 0 saturated heterocycles. The van der Waals surface area contributed by atoms with Crippen LogP contribution < -0.4 is 18.9 Å². The number of carbonyl (C=O) groups is 1. The minimum atomic E-state index is -0.239. The second-order valence-corrected chi connectivity index (χ2v) is 7.31. The molecule has 0 heterocycles. The number of ether oxygens (including phenoxy) is 5. The Balaban J connectivity index is 2.56. The molecule has 182 valence electrons. The Kier molecular flexibility index (Phi) is 10.9. The van der Waals surface area contributed by atoms with Gasteiger partial charge in [0.05, 0.1) is 39.0 Å². The highest BCUT2D eigenvalue weighted by atomic mass is 16.5. The molecule has 1 aromatic rings. The summed E-state index contributed by atoms with van der Waals surface area (Å²) in [5.41, 5.74) is 1.63. The van der Waals surface area contributed by atoms with Crippen molar-refractivity contribution < 1.29 is 28.5 Å². The summed E-state index contributed by atoms with van der Waals surface area (Å²) >= 11 is 0. The van der Waals surface area contributed by atoms with Gasteiger partial charge >= 0.3 is 0 Å². The average molecular weight is 459 g/mol. The zero-order valence-electron chi connectivity index (χ0n) is 20.9. The van der Waals surface area contributed by atoms with E-state index in [1.807, 2.05) is 40.7 Å². The van der Waals surface area contributed by atoms with Crippen LogP contribution in [0.15, 0.2) is 41.7 Å². The third-order valence-corrected chi connectivity index (χ3v) is 5.12. The largest absolute Gasteiger partial charge is 0.498 e. The van der Waals surface area contributed by atoms with Crippen molar-refractivity contribution in [2.75, 3.05) is 33.0 Å². The zero-order valence-corrected chi connectivity index (χ0v) is 20.9. The SMILES string of the molecule is CCOC1=CCC(CC)=CC1/C=C/C(=O)c1c(OCC)c(OCC)cc(OCC)c1OCC. The smallest absolute Gasteiger partial charge is 0.193 e. The summed E-state index contributed by atoms with van der Waals surface area (Å²) in [5.74, 6) is 2.20. The third-order valence-electron chi connectivity index (χ3n) is 5.12. The van der Waals surface area contributed by atoms with Gasteiger partial charge in [0.25, 0.3) is 0 Å². The fraction of sp³-hybridized carbons (Fsp3) is 0.519. The first-order valence-corrected chi connectivity index (χ1v) is 12.0. The van der Waals surface area contributed by atoms with Gasteiger partial charge in [-0.25, -0.2) is 0 Å². The molecule has 6 heteroatoms. The van der Waals surface area contributed by atoms with E-state index in [2.05, 4.69) is 19.1 Å². The van der Waals surface area contributed by atoms with Crippen LogP contribution in [-0.2, 0) is 4.74 Å². The number of rotatable bonds is 14. The van der Waals surface area contributed by atoms with Crippen LogP contribution in [0, 0.1) is 5.92 Å². The molecule has 2 rings (SSSR count). The molecule has 33 heavy (non-hydrogen) atoms. The van der Waals surface area contributed by atoms with Crippen LogP contribution in [0.25, 0.3) is 0 Å². The lowest BCUT2D eigenvalue weighted by Crippen LogP contribution is -2.11. The Morgan fingerprint density at radius 1 is 0.848 bits per heavy atom. The van der Waals surface area contributed by atoms with Crippen LogP contribution in [0.2, 0.25) is 0 Å². The lowest BCUT2D eigenvalue weighted by molar-refractivity contribution is 0.103. The Morgan fingerprint density at radius 3 is 1.88 bits per heavy atom. The van der Waals surface area contributed by atoms with Crippen molar-refractivity contribution in [2.24, 2.45) is 5.92 Å². The second-order valence-electron chi connectivity index (χ2n) is 7.31. The van der Waals surface area contributed by atoms with Crippen LogP contribution in [0.1, 0.15) is 64.7 Å². The molecule has 0 amide bonds. The zero-order chi connectivity index (χ0) is 24.2. The van der Waals surface area contributed by atoms with Crippen LogP contribution >= 0.6 is 0 Å². The highest BCUT2D eigenvalue weighted by molar-refractivity contribution is 6.10. The summed E-state index contributed by atoms with van der Waals surface area (Å²) < 4.78 is 29.2. The molecule has 0 saturated carbocycles. The maximum atomic E-state index is 13.6. The second kappa shape index (κ2) is 13.6. The molecular weight excluding hydrogens is 420 g/mol. The highest BCUT2D eigenvalue weighted by Gasteiger charge is 2.27. The van der Waals surface area contributed by atoms with Crippen LogP contribution in [0.5, 0.6) is 23.0 Å². The van der Waals surface area contributed by atoms with Crippen LogP contribution in [-0.4, -0.2) is 38.8 Å². The lowest BCUT2D eigenvalue weighted by Gasteiger charge is -2.21. The molecule has 0 N–H and O–H groups in total. The van der Waals surface area contributed by atoms with E-state index in [1.165, 1.54) is 5.57 Å². The van der Waals surface area contributed by atoms with E-state index < -0.39 is 0 Å². The molecule has 0 spiro atoms. The maximum absolute atomic E-state index is 13.6. The normalized spacial score (nSPS) is 15.6. The van der Waals surface area contributed by atoms with Crippen molar-refractivity contribution >= 4 is 5.78 Å². The number of carbonyl (C=O) groups excluding carboxylic acids is 1. The molecular formula is C27H38O6. The topological polar surface area (TPSA) is 63.2 Å². The minimum Gasteiger partial charge on any atom is -0.498 e. The molecule has 0 fully saturated rings. The summed E-state index contributed by atoms with van der Waals surface area (Å²) in [6.45, 7) is 13.8. The van der Waals surface area contributed by atoms with Crippen molar-refractivity contribution in [1.82, 2.24) is 0 Å². The molecule has 0 bridgehead atoms. The molecule has 6 nitrogen and oxygen atoms in total. The number of benzene rings is 1. The van der Waals surface area contributed by atoms with E-state index in [1.54, 1.807) is 12.1 Å². The molecule has 0 aromatic heterocycles. The Bertz CT molecular complexity index is 847. The molecule has 0 radical (unpaired) electrons. The van der Waals surface area contributed by atoms with Gasteiger partial charge < -0.3 is 23.7 Å². The number of hydrogen-bond acceptors (Lipinski definition) is 6. The van der Waals surface area contributed by atoms with Crippen molar-refractivity contribution in [2.45, 2.75) is 54.4 Å². The average Bonchev–Trinajstić information content (AvgIpc) is 2.81. The minimum absolute atomic E-state index is 0.0925. The van der Waals surface area contributed by atoms with Crippen molar-refractivity contribution in [3.63, 3.8) is 0 Å². The first-order valence-electron chi connectivity index (χ1n) is 12.0. The fourth-order valence-electron chi connectivity index (χ4n) is 3.70. The summed E-state index contributed by atoms with van der Waals surface area (Å²) in [7, 11) is 0. The standard InChI is InChI=1S/C27H38O6/c1-7-19-13-16-22(29-8-2)20(17-19)14-15-21(28)25-26(32-11-5)23(30-9-3)18-24(31-10-4)27(25)33-12-6/h14-18,20H,7-13H2,1-6H3/b15-14+. The number of ketones is 1.